The minimum Gasteiger partial charge on any atom is -0.454 e. The summed E-state index contributed by atoms with van der Waals surface area (Å²) in [7, 11) is -3.95. The van der Waals surface area contributed by atoms with Crippen molar-refractivity contribution in [2.24, 2.45) is 16.5 Å². The quantitative estimate of drug-likeness (QED) is 0.345. The molecular weight excluding hydrogens is 460 g/mol. The Morgan fingerprint density at radius 3 is 2.41 bits per heavy atom. The van der Waals surface area contributed by atoms with E-state index in [4.69, 9.17) is 27.8 Å². The van der Waals surface area contributed by atoms with Crippen LogP contribution in [0.5, 0.6) is 11.5 Å². The Bertz CT molecular complexity index is 1190. The first-order valence-corrected chi connectivity index (χ1v) is 11.6. The number of nitrogens with zero attached hydrogens (tertiary/aromatic N) is 2. The van der Waals surface area contributed by atoms with Crippen LogP contribution in [0.1, 0.15) is 21.5 Å². The molecule has 10 nitrogen and oxygen atoms in total. The predicted molar refractivity (Wildman–Crippen MR) is 120 cm³/mol. The van der Waals surface area contributed by atoms with Crippen LogP contribution in [0.15, 0.2) is 34.2 Å². The first-order valence-electron chi connectivity index (χ1n) is 9.55. The summed E-state index contributed by atoms with van der Waals surface area (Å²) in [5, 5.41) is 18.8. The van der Waals surface area contributed by atoms with Crippen LogP contribution in [-0.2, 0) is 15.6 Å². The molecule has 2 aromatic rings. The Hall–Kier alpha value is -2.86. The molecule has 0 bridgehead atoms. The molecule has 0 fully saturated rings. The van der Waals surface area contributed by atoms with Gasteiger partial charge in [-0.2, -0.15) is 4.99 Å². The molecule has 1 heterocycles. The number of sulfone groups is 1. The van der Waals surface area contributed by atoms with E-state index in [0.29, 0.717) is 16.8 Å². The summed E-state index contributed by atoms with van der Waals surface area (Å²) in [6, 6.07) is 5.78. The predicted octanol–water partition coefficient (Wildman–Crippen LogP) is 0.933. The zero-order valence-corrected chi connectivity index (χ0v) is 18.8. The largest absolute Gasteiger partial charge is 0.454 e. The van der Waals surface area contributed by atoms with Gasteiger partial charge in [0.2, 0.25) is 0 Å². The second-order valence-corrected chi connectivity index (χ2v) is 9.54. The summed E-state index contributed by atoms with van der Waals surface area (Å²) in [6.07, 6.45) is 0. The fourth-order valence-electron chi connectivity index (χ4n) is 3.44. The minimum absolute atomic E-state index is 0.00312. The molecule has 0 spiro atoms. The summed E-state index contributed by atoms with van der Waals surface area (Å²) < 4.78 is 32.4. The SMILES string of the molecule is Cc1cc(C(=O)N=C(N)N)cc2c1Oc1c(Cl)cc(N(CCO)CCO)cc1CS2(=O)=O. The van der Waals surface area contributed by atoms with Crippen LogP contribution in [-0.4, -0.2) is 56.8 Å². The molecule has 0 atom stereocenters. The van der Waals surface area contributed by atoms with Crippen molar-refractivity contribution in [2.45, 2.75) is 17.6 Å². The number of carbonyl (C=O) groups excluding carboxylic acids is 1. The van der Waals surface area contributed by atoms with E-state index < -0.39 is 27.5 Å². The van der Waals surface area contributed by atoms with E-state index in [9.17, 15) is 23.4 Å². The van der Waals surface area contributed by atoms with Gasteiger partial charge in [0, 0.05) is 29.9 Å². The summed E-state index contributed by atoms with van der Waals surface area (Å²) in [4.78, 5) is 17.2. The van der Waals surface area contributed by atoms with Crippen LogP contribution in [0, 0.1) is 6.92 Å². The van der Waals surface area contributed by atoms with E-state index in [-0.39, 0.29) is 53.3 Å². The number of aliphatic hydroxyl groups excluding tert-OH is 2. The molecular formula is C20H23ClN4O6S. The Kier molecular flexibility index (Phi) is 6.94. The number of amides is 1. The summed E-state index contributed by atoms with van der Waals surface area (Å²) in [5.41, 5.74) is 11.7. The number of rotatable bonds is 6. The summed E-state index contributed by atoms with van der Waals surface area (Å²) >= 11 is 6.44. The minimum atomic E-state index is -3.95. The third-order valence-electron chi connectivity index (χ3n) is 4.81. The summed E-state index contributed by atoms with van der Waals surface area (Å²) in [6.45, 7) is 1.71. The van der Waals surface area contributed by atoms with Crippen molar-refractivity contribution in [1.82, 2.24) is 0 Å². The van der Waals surface area contributed by atoms with Gasteiger partial charge in [-0.05, 0) is 36.8 Å². The van der Waals surface area contributed by atoms with Gasteiger partial charge in [0.1, 0.15) is 16.4 Å². The van der Waals surface area contributed by atoms with Gasteiger partial charge in [0.15, 0.2) is 15.8 Å². The molecule has 2 aromatic carbocycles. The van der Waals surface area contributed by atoms with Gasteiger partial charge in [-0.1, -0.05) is 11.6 Å². The highest BCUT2D eigenvalue weighted by Crippen LogP contribution is 2.45. The van der Waals surface area contributed by atoms with Gasteiger partial charge in [-0.3, -0.25) is 4.79 Å². The Morgan fingerprint density at radius 1 is 1.16 bits per heavy atom. The van der Waals surface area contributed by atoms with Crippen LogP contribution in [0.3, 0.4) is 0 Å². The van der Waals surface area contributed by atoms with E-state index in [1.165, 1.54) is 12.1 Å². The standard InChI is InChI=1S/C20H23ClN4O6S/c1-11-6-12(19(28)24-20(22)23)8-16-17(11)31-18-13(10-32(16,29)30)7-14(9-15(18)21)25(2-4-26)3-5-27/h6-9,26-27H,2-5,10H2,1H3,(H4,22,23,24,28). The van der Waals surface area contributed by atoms with Crippen molar-refractivity contribution >= 4 is 39.0 Å². The van der Waals surface area contributed by atoms with Gasteiger partial charge in [0.05, 0.1) is 24.0 Å². The third kappa shape index (κ3) is 4.80. The van der Waals surface area contributed by atoms with E-state index >= 15 is 0 Å². The van der Waals surface area contributed by atoms with Gasteiger partial charge < -0.3 is 31.3 Å². The number of aliphatic hydroxyl groups is 2. The molecule has 172 valence electrons. The zero-order chi connectivity index (χ0) is 23.6. The number of fused-ring (bicyclic) bond motifs is 2. The van der Waals surface area contributed by atoms with Crippen LogP contribution in [0.25, 0.3) is 0 Å². The number of ether oxygens (including phenoxy) is 1. The van der Waals surface area contributed by atoms with E-state index in [0.717, 1.165) is 0 Å². The highest BCUT2D eigenvalue weighted by molar-refractivity contribution is 7.90. The number of aliphatic imine (C=N–C) groups is 1. The molecule has 32 heavy (non-hydrogen) atoms. The number of carbonyl (C=O) groups is 1. The van der Waals surface area contributed by atoms with Crippen LogP contribution in [0.2, 0.25) is 5.02 Å². The lowest BCUT2D eigenvalue weighted by molar-refractivity contribution is 0.100. The van der Waals surface area contributed by atoms with Gasteiger partial charge >= 0.3 is 0 Å². The number of nitrogens with two attached hydrogens (primary N) is 2. The van der Waals surface area contributed by atoms with Crippen LogP contribution in [0.4, 0.5) is 5.69 Å². The molecule has 0 unspecified atom stereocenters. The molecule has 0 radical (unpaired) electrons. The van der Waals surface area contributed by atoms with Crippen molar-refractivity contribution in [3.63, 3.8) is 0 Å². The fraction of sp³-hybridized carbons (Fsp3) is 0.300. The van der Waals surface area contributed by atoms with Crippen molar-refractivity contribution in [1.29, 1.82) is 0 Å². The zero-order valence-electron chi connectivity index (χ0n) is 17.2. The molecule has 3 rings (SSSR count). The van der Waals surface area contributed by atoms with Gasteiger partial charge in [0.25, 0.3) is 5.91 Å². The maximum absolute atomic E-state index is 13.2. The van der Waals surface area contributed by atoms with Crippen molar-refractivity contribution in [3.8, 4) is 11.5 Å². The van der Waals surface area contributed by atoms with Crippen LogP contribution < -0.4 is 21.1 Å². The normalized spacial score (nSPS) is 13.9. The maximum Gasteiger partial charge on any atom is 0.280 e. The maximum atomic E-state index is 13.2. The molecule has 12 heteroatoms. The molecule has 6 N–H and O–H groups in total. The molecule has 0 saturated heterocycles. The molecule has 0 aliphatic carbocycles. The Labute approximate surface area is 190 Å². The second kappa shape index (κ2) is 9.33. The first kappa shape index (κ1) is 23.8. The Morgan fingerprint density at radius 2 is 1.81 bits per heavy atom. The smallest absolute Gasteiger partial charge is 0.280 e. The molecule has 0 saturated carbocycles. The highest BCUT2D eigenvalue weighted by atomic mass is 35.5. The van der Waals surface area contributed by atoms with Gasteiger partial charge in [-0.15, -0.1) is 0 Å². The third-order valence-corrected chi connectivity index (χ3v) is 6.76. The average Bonchev–Trinajstić information content (AvgIpc) is 2.81. The number of hydrogen-bond acceptors (Lipinski definition) is 7. The fourth-order valence-corrected chi connectivity index (χ4v) is 5.29. The van der Waals surface area contributed by atoms with Crippen LogP contribution >= 0.6 is 11.6 Å². The lowest BCUT2D eigenvalue weighted by Crippen LogP contribution is -2.29. The van der Waals surface area contributed by atoms with E-state index in [1.807, 2.05) is 0 Å². The van der Waals surface area contributed by atoms with Crippen molar-refractivity contribution < 1.29 is 28.2 Å². The second-order valence-electron chi connectivity index (χ2n) is 7.17. The topological polar surface area (TPSA) is 169 Å². The summed E-state index contributed by atoms with van der Waals surface area (Å²) in [5.74, 6) is -1.42. The molecule has 1 amide bonds. The lowest BCUT2D eigenvalue weighted by Gasteiger charge is -2.24. The van der Waals surface area contributed by atoms with E-state index in [2.05, 4.69) is 4.99 Å². The number of guanidine groups is 1. The Balaban J connectivity index is 2.14. The van der Waals surface area contributed by atoms with Crippen molar-refractivity contribution in [2.75, 3.05) is 31.2 Å². The van der Waals surface area contributed by atoms with E-state index in [1.54, 1.807) is 24.0 Å². The van der Waals surface area contributed by atoms with Gasteiger partial charge in [-0.25, -0.2) is 8.42 Å². The first-order chi connectivity index (χ1) is 15.1. The number of halogens is 1. The number of hydrogen-bond donors (Lipinski definition) is 4. The number of anilines is 1. The number of benzene rings is 2. The average molecular weight is 483 g/mol. The lowest BCUT2D eigenvalue weighted by atomic mass is 10.1. The molecule has 0 aromatic heterocycles. The highest BCUT2D eigenvalue weighted by Gasteiger charge is 2.31. The number of aryl methyl sites for hydroxylation is 1. The molecule has 1 aliphatic heterocycles. The monoisotopic (exact) mass is 482 g/mol. The molecule has 1 aliphatic rings. The van der Waals surface area contributed by atoms with Crippen molar-refractivity contribution in [3.05, 3.63) is 46.0 Å².